The quantitative estimate of drug-likeness (QED) is 0.556. The van der Waals surface area contributed by atoms with Gasteiger partial charge in [-0.3, -0.25) is 9.63 Å². The second kappa shape index (κ2) is 2.70. The number of hydroxylamine groups is 2. The molecule has 14 heavy (non-hydrogen) atoms. The van der Waals surface area contributed by atoms with Crippen molar-refractivity contribution in [2.24, 2.45) is 5.92 Å². The molecule has 0 saturated carbocycles. The van der Waals surface area contributed by atoms with Gasteiger partial charge in [-0.25, -0.2) is 5.06 Å². The summed E-state index contributed by atoms with van der Waals surface area (Å²) in [6, 6.07) is 0. The number of nitrogens with zero attached hydrogens (tertiary/aromatic N) is 2. The van der Waals surface area contributed by atoms with Crippen LogP contribution in [0.25, 0.3) is 0 Å². The predicted octanol–water partition coefficient (Wildman–Crippen LogP) is 0.244. The van der Waals surface area contributed by atoms with Crippen LogP contribution in [-0.2, 0) is 9.63 Å². The minimum Gasteiger partial charge on any atom is -0.300 e. The first-order valence-corrected chi connectivity index (χ1v) is 5.38. The van der Waals surface area contributed by atoms with Crippen molar-refractivity contribution in [1.82, 2.24) is 9.96 Å². The summed E-state index contributed by atoms with van der Waals surface area (Å²) >= 11 is 0. The average molecular weight is 196 g/mol. The van der Waals surface area contributed by atoms with Gasteiger partial charge in [-0.05, 0) is 31.8 Å². The van der Waals surface area contributed by atoms with Crippen molar-refractivity contribution in [1.29, 1.82) is 0 Å². The summed E-state index contributed by atoms with van der Waals surface area (Å²) < 4.78 is 0. The van der Waals surface area contributed by atoms with E-state index in [4.69, 9.17) is 4.84 Å². The first-order chi connectivity index (χ1) is 6.70. The van der Waals surface area contributed by atoms with Crippen LogP contribution in [0.2, 0.25) is 0 Å². The number of carbonyl (C=O) groups excluding carboxylic acids is 1. The average Bonchev–Trinajstić information content (AvgIpc) is 2.43. The van der Waals surface area contributed by atoms with Crippen LogP contribution < -0.4 is 0 Å². The van der Waals surface area contributed by atoms with E-state index in [2.05, 4.69) is 4.90 Å². The number of hydrogen-bond donors (Lipinski definition) is 0. The van der Waals surface area contributed by atoms with Crippen LogP contribution >= 0.6 is 0 Å². The molecule has 4 saturated heterocycles. The molecule has 1 amide bonds. The second-order valence-electron chi connectivity index (χ2n) is 4.77. The summed E-state index contributed by atoms with van der Waals surface area (Å²) in [4.78, 5) is 19.7. The van der Waals surface area contributed by atoms with Crippen molar-refractivity contribution in [2.75, 3.05) is 26.7 Å². The lowest BCUT2D eigenvalue weighted by Gasteiger charge is -2.49. The third kappa shape index (κ3) is 1.04. The SMILES string of the molecule is CN1OC2(CC1=O)CN1CCC2CC1. The van der Waals surface area contributed by atoms with Crippen molar-refractivity contribution in [2.45, 2.75) is 24.9 Å². The monoisotopic (exact) mass is 196 g/mol. The molecule has 1 atom stereocenters. The largest absolute Gasteiger partial charge is 0.300 e. The topological polar surface area (TPSA) is 32.8 Å². The Morgan fingerprint density at radius 2 is 2.14 bits per heavy atom. The maximum absolute atomic E-state index is 11.5. The molecule has 0 aromatic heterocycles. The number of carbonyl (C=O) groups is 1. The van der Waals surface area contributed by atoms with E-state index >= 15 is 0 Å². The van der Waals surface area contributed by atoms with Crippen LogP contribution in [0.3, 0.4) is 0 Å². The first kappa shape index (κ1) is 8.68. The van der Waals surface area contributed by atoms with E-state index in [-0.39, 0.29) is 11.5 Å². The van der Waals surface area contributed by atoms with Crippen molar-refractivity contribution >= 4 is 5.91 Å². The number of fused-ring (bicyclic) bond motifs is 2. The van der Waals surface area contributed by atoms with E-state index in [1.807, 2.05) is 0 Å². The van der Waals surface area contributed by atoms with Crippen molar-refractivity contribution < 1.29 is 9.63 Å². The lowest BCUT2D eigenvalue weighted by Crippen LogP contribution is -2.59. The van der Waals surface area contributed by atoms with Gasteiger partial charge in [-0.1, -0.05) is 0 Å². The van der Waals surface area contributed by atoms with Gasteiger partial charge in [-0.2, -0.15) is 0 Å². The Labute approximate surface area is 83.8 Å². The summed E-state index contributed by atoms with van der Waals surface area (Å²) in [5.41, 5.74) is -0.164. The second-order valence-corrected chi connectivity index (χ2v) is 4.77. The third-order valence-electron chi connectivity index (χ3n) is 3.94. The normalized spacial score (nSPS) is 46.6. The van der Waals surface area contributed by atoms with Gasteiger partial charge in [0, 0.05) is 13.6 Å². The van der Waals surface area contributed by atoms with Crippen LogP contribution in [0.4, 0.5) is 0 Å². The van der Waals surface area contributed by atoms with Crippen molar-refractivity contribution in [3.63, 3.8) is 0 Å². The summed E-state index contributed by atoms with van der Waals surface area (Å²) in [6.07, 6.45) is 2.98. The first-order valence-electron chi connectivity index (χ1n) is 5.38. The van der Waals surface area contributed by atoms with Gasteiger partial charge >= 0.3 is 0 Å². The molecular weight excluding hydrogens is 180 g/mol. The fourth-order valence-electron chi connectivity index (χ4n) is 3.15. The highest BCUT2D eigenvalue weighted by molar-refractivity contribution is 5.77. The molecule has 0 N–H and O–H groups in total. The summed E-state index contributed by atoms with van der Waals surface area (Å²) in [5, 5.41) is 1.43. The minimum atomic E-state index is -0.164. The molecule has 4 aliphatic heterocycles. The highest BCUT2D eigenvalue weighted by atomic mass is 16.7. The van der Waals surface area contributed by atoms with E-state index < -0.39 is 0 Å². The molecule has 0 aromatic rings. The highest BCUT2D eigenvalue weighted by Crippen LogP contribution is 2.43. The fraction of sp³-hybridized carbons (Fsp3) is 0.900. The van der Waals surface area contributed by atoms with Gasteiger partial charge in [0.1, 0.15) is 5.60 Å². The van der Waals surface area contributed by atoms with E-state index in [1.54, 1.807) is 7.05 Å². The van der Waals surface area contributed by atoms with Crippen molar-refractivity contribution in [3.8, 4) is 0 Å². The number of hydrogen-bond acceptors (Lipinski definition) is 3. The molecule has 4 rings (SSSR count). The van der Waals surface area contributed by atoms with Crippen LogP contribution in [0.5, 0.6) is 0 Å². The van der Waals surface area contributed by atoms with E-state index in [9.17, 15) is 4.79 Å². The molecule has 0 aliphatic carbocycles. The number of rotatable bonds is 0. The molecule has 78 valence electrons. The Hall–Kier alpha value is -0.610. The predicted molar refractivity (Wildman–Crippen MR) is 50.4 cm³/mol. The smallest absolute Gasteiger partial charge is 0.248 e. The van der Waals surface area contributed by atoms with E-state index in [0.717, 1.165) is 6.54 Å². The van der Waals surface area contributed by atoms with Gasteiger partial charge in [0.05, 0.1) is 6.42 Å². The lowest BCUT2D eigenvalue weighted by atomic mass is 9.74. The van der Waals surface area contributed by atoms with Gasteiger partial charge in [0.15, 0.2) is 0 Å². The van der Waals surface area contributed by atoms with Crippen molar-refractivity contribution in [3.05, 3.63) is 0 Å². The van der Waals surface area contributed by atoms with Crippen LogP contribution in [0.1, 0.15) is 19.3 Å². The Morgan fingerprint density at radius 1 is 1.43 bits per heavy atom. The van der Waals surface area contributed by atoms with Gasteiger partial charge in [0.25, 0.3) is 0 Å². The highest BCUT2D eigenvalue weighted by Gasteiger charge is 2.54. The molecule has 0 aromatic carbocycles. The molecule has 1 unspecified atom stereocenters. The third-order valence-corrected chi connectivity index (χ3v) is 3.94. The zero-order valence-corrected chi connectivity index (χ0v) is 8.53. The molecule has 4 heterocycles. The molecule has 2 bridgehead atoms. The van der Waals surface area contributed by atoms with Crippen LogP contribution in [0, 0.1) is 5.92 Å². The summed E-state index contributed by atoms with van der Waals surface area (Å²) in [7, 11) is 1.73. The zero-order valence-electron chi connectivity index (χ0n) is 8.53. The molecule has 4 heteroatoms. The minimum absolute atomic E-state index is 0.138. The lowest BCUT2D eigenvalue weighted by molar-refractivity contribution is -0.229. The van der Waals surface area contributed by atoms with Gasteiger partial charge < -0.3 is 4.90 Å². The maximum Gasteiger partial charge on any atom is 0.248 e. The van der Waals surface area contributed by atoms with E-state index in [1.165, 1.54) is 31.0 Å². The molecule has 4 fully saturated rings. The Kier molecular flexibility index (Phi) is 1.67. The van der Waals surface area contributed by atoms with Gasteiger partial charge in [-0.15, -0.1) is 0 Å². The zero-order chi connectivity index (χ0) is 9.76. The van der Waals surface area contributed by atoms with E-state index in [0.29, 0.717) is 12.3 Å². The Bertz CT molecular complexity index is 273. The molecule has 4 aliphatic rings. The molecule has 4 nitrogen and oxygen atoms in total. The standard InChI is InChI=1S/C10H16N2O2/c1-11-9(13)6-10(14-11)7-12-4-2-8(10)3-5-12/h8H,2-7H2,1H3. The molecular formula is C10H16N2O2. The summed E-state index contributed by atoms with van der Waals surface area (Å²) in [6.45, 7) is 3.33. The molecule has 0 radical (unpaired) electrons. The summed E-state index contributed by atoms with van der Waals surface area (Å²) in [5.74, 6) is 0.736. The number of piperidine rings is 3. The Morgan fingerprint density at radius 3 is 2.57 bits per heavy atom. The van der Waals surface area contributed by atoms with Crippen LogP contribution in [0.15, 0.2) is 0 Å². The fourth-order valence-corrected chi connectivity index (χ4v) is 3.15. The van der Waals surface area contributed by atoms with Gasteiger partial charge in [0.2, 0.25) is 5.91 Å². The maximum atomic E-state index is 11.5. The number of amides is 1. The van der Waals surface area contributed by atoms with Crippen LogP contribution in [-0.4, -0.2) is 48.2 Å². The Balaban J connectivity index is 1.87. The molecule has 1 spiro atoms.